The number of hydrogen-bond donors (Lipinski definition) is 2. The Morgan fingerprint density at radius 3 is 2.59 bits per heavy atom. The summed E-state index contributed by atoms with van der Waals surface area (Å²) in [5, 5.41) is 19.2. The van der Waals surface area contributed by atoms with Gasteiger partial charge in [-0.3, -0.25) is 9.48 Å². The van der Waals surface area contributed by atoms with Crippen LogP contribution in [0.2, 0.25) is 0 Å². The first-order valence-corrected chi connectivity index (χ1v) is 11.9. The van der Waals surface area contributed by atoms with Gasteiger partial charge in [0.2, 0.25) is 5.82 Å². The third-order valence-corrected chi connectivity index (χ3v) is 5.94. The molecular weight excluding hydrogens is 434 g/mol. The lowest BCUT2D eigenvalue weighted by Crippen LogP contribution is -2.24. The molecule has 9 heteroatoms. The molecule has 0 amide bonds. The molecule has 0 saturated heterocycles. The van der Waals surface area contributed by atoms with Crippen LogP contribution in [0.5, 0.6) is 0 Å². The Kier molecular flexibility index (Phi) is 9.78. The maximum Gasteiger partial charge on any atom is 0.290 e. The minimum absolute atomic E-state index is 0.250. The number of nitrogens with zero attached hydrogens (tertiary/aromatic N) is 4. The van der Waals surface area contributed by atoms with Crippen LogP contribution in [0.25, 0.3) is 22.8 Å². The maximum atomic E-state index is 8.36. The van der Waals surface area contributed by atoms with Crippen molar-refractivity contribution >= 4 is 6.47 Å². The Morgan fingerprint density at radius 2 is 1.94 bits per heavy atom. The van der Waals surface area contributed by atoms with E-state index in [0.29, 0.717) is 30.4 Å². The van der Waals surface area contributed by atoms with Crippen molar-refractivity contribution in [1.29, 1.82) is 0 Å². The second-order valence-corrected chi connectivity index (χ2v) is 8.76. The van der Waals surface area contributed by atoms with Gasteiger partial charge in [-0.25, -0.2) is 0 Å². The molecule has 2 aromatic heterocycles. The van der Waals surface area contributed by atoms with Gasteiger partial charge in [-0.05, 0) is 31.4 Å². The molecule has 1 fully saturated rings. The van der Waals surface area contributed by atoms with E-state index in [-0.39, 0.29) is 6.47 Å². The molecular formula is C25H35N5O4. The minimum atomic E-state index is -0.250. The molecule has 1 saturated carbocycles. The van der Waals surface area contributed by atoms with E-state index in [1.807, 2.05) is 6.20 Å². The molecule has 1 aromatic carbocycles. The topological polar surface area (TPSA) is 115 Å². The van der Waals surface area contributed by atoms with Crippen molar-refractivity contribution in [2.45, 2.75) is 71.1 Å². The molecule has 0 bridgehead atoms. The summed E-state index contributed by atoms with van der Waals surface area (Å²) in [6.07, 6.45) is 8.96. The van der Waals surface area contributed by atoms with Gasteiger partial charge in [0.15, 0.2) is 0 Å². The summed E-state index contributed by atoms with van der Waals surface area (Å²) in [5.41, 5.74) is 4.11. The zero-order valence-electron chi connectivity index (χ0n) is 20.2. The third-order valence-electron chi connectivity index (χ3n) is 5.94. The molecule has 34 heavy (non-hydrogen) atoms. The van der Waals surface area contributed by atoms with E-state index in [1.165, 1.54) is 24.8 Å². The molecule has 0 unspecified atom stereocenters. The van der Waals surface area contributed by atoms with Crippen molar-refractivity contribution in [2.24, 2.45) is 0 Å². The Morgan fingerprint density at radius 1 is 1.24 bits per heavy atom. The predicted octanol–water partition coefficient (Wildman–Crippen LogP) is 4.49. The highest BCUT2D eigenvalue weighted by Gasteiger charge is 2.24. The highest BCUT2D eigenvalue weighted by atomic mass is 16.5. The van der Waals surface area contributed by atoms with E-state index in [2.05, 4.69) is 63.4 Å². The van der Waals surface area contributed by atoms with Gasteiger partial charge in [0.05, 0.1) is 30.1 Å². The molecule has 0 atom stereocenters. The monoisotopic (exact) mass is 469 g/mol. The van der Waals surface area contributed by atoms with Gasteiger partial charge in [0.25, 0.3) is 12.4 Å². The van der Waals surface area contributed by atoms with Crippen LogP contribution in [-0.2, 0) is 22.6 Å². The van der Waals surface area contributed by atoms with E-state index >= 15 is 0 Å². The molecule has 1 aliphatic carbocycles. The van der Waals surface area contributed by atoms with E-state index in [1.54, 1.807) is 7.11 Å². The molecule has 184 valence electrons. The number of methoxy groups -OCH3 is 1. The summed E-state index contributed by atoms with van der Waals surface area (Å²) in [5.74, 6) is 1.09. The highest BCUT2D eigenvalue weighted by molar-refractivity contribution is 5.61. The van der Waals surface area contributed by atoms with Crippen molar-refractivity contribution < 1.29 is 19.2 Å². The van der Waals surface area contributed by atoms with Gasteiger partial charge in [-0.2, -0.15) is 10.1 Å². The van der Waals surface area contributed by atoms with Crippen LogP contribution in [0.15, 0.2) is 35.0 Å². The molecule has 0 spiro atoms. The van der Waals surface area contributed by atoms with E-state index in [9.17, 15) is 0 Å². The number of ether oxygens (including phenoxy) is 1. The second kappa shape index (κ2) is 13.0. The number of benzene rings is 1. The summed E-state index contributed by atoms with van der Waals surface area (Å²) in [7, 11) is 1.71. The van der Waals surface area contributed by atoms with Crippen LogP contribution in [0.3, 0.4) is 0 Å². The minimum Gasteiger partial charge on any atom is -0.483 e. The van der Waals surface area contributed by atoms with E-state index < -0.39 is 0 Å². The fraction of sp³-hybridized carbons (Fsp3) is 0.520. The van der Waals surface area contributed by atoms with Crippen molar-refractivity contribution in [3.8, 4) is 22.8 Å². The van der Waals surface area contributed by atoms with Gasteiger partial charge in [-0.1, -0.05) is 62.5 Å². The fourth-order valence-corrected chi connectivity index (χ4v) is 4.26. The maximum absolute atomic E-state index is 8.36. The van der Waals surface area contributed by atoms with Crippen LogP contribution in [0.4, 0.5) is 0 Å². The number of carbonyl (C=O) groups is 1. The molecule has 3 aromatic rings. The largest absolute Gasteiger partial charge is 0.483 e. The van der Waals surface area contributed by atoms with Crippen molar-refractivity contribution in [3.05, 3.63) is 41.7 Å². The number of rotatable bonds is 9. The number of carboxylic acid groups (broad SMARTS) is 1. The summed E-state index contributed by atoms with van der Waals surface area (Å²) < 4.78 is 13.2. The lowest BCUT2D eigenvalue weighted by Gasteiger charge is -2.24. The van der Waals surface area contributed by atoms with E-state index in [0.717, 1.165) is 42.6 Å². The number of aromatic nitrogens is 4. The molecule has 9 nitrogen and oxygen atoms in total. The quantitative estimate of drug-likeness (QED) is 0.440. The third kappa shape index (κ3) is 6.74. The molecule has 4 rings (SSSR count). The lowest BCUT2D eigenvalue weighted by atomic mass is 9.95. The number of hydrogen-bond acceptors (Lipinski definition) is 7. The molecule has 1 aliphatic rings. The van der Waals surface area contributed by atoms with Crippen LogP contribution in [-0.4, -0.2) is 51.2 Å². The second-order valence-electron chi connectivity index (χ2n) is 8.76. The summed E-state index contributed by atoms with van der Waals surface area (Å²) in [4.78, 5) is 13.0. The standard InChI is InChI=1S/C24H33N5O2.CH2O2/c1-17(2)25-14-13-18-9-11-19(12-10-18)23-27-24(31-28-23)21-15-26-29(22(21)16-30-3)20-7-5-4-6-8-20;2-1-3/h9-12,15,17,20,25H,4-8,13-14,16H2,1-3H3;1H,(H,2,3). The predicted molar refractivity (Wildman–Crippen MR) is 129 cm³/mol. The van der Waals surface area contributed by atoms with Crippen molar-refractivity contribution in [1.82, 2.24) is 25.2 Å². The zero-order chi connectivity index (χ0) is 24.3. The van der Waals surface area contributed by atoms with Crippen LogP contribution in [0.1, 0.15) is 63.3 Å². The highest BCUT2D eigenvalue weighted by Crippen LogP contribution is 2.33. The smallest absolute Gasteiger partial charge is 0.290 e. The van der Waals surface area contributed by atoms with Crippen LogP contribution >= 0.6 is 0 Å². The number of nitrogens with one attached hydrogen (secondary N) is 1. The fourth-order valence-electron chi connectivity index (χ4n) is 4.26. The summed E-state index contributed by atoms with van der Waals surface area (Å²) in [6.45, 7) is 5.51. The van der Waals surface area contributed by atoms with Crippen molar-refractivity contribution in [2.75, 3.05) is 13.7 Å². The first-order chi connectivity index (χ1) is 16.6. The Bertz CT molecular complexity index is 1010. The lowest BCUT2D eigenvalue weighted by molar-refractivity contribution is -0.122. The first kappa shape index (κ1) is 25.6. The molecule has 2 N–H and O–H groups in total. The van der Waals surface area contributed by atoms with Gasteiger partial charge < -0.3 is 19.7 Å². The average Bonchev–Trinajstić information content (AvgIpc) is 3.48. The van der Waals surface area contributed by atoms with Crippen molar-refractivity contribution in [3.63, 3.8) is 0 Å². The molecule has 0 aliphatic heterocycles. The van der Waals surface area contributed by atoms with Gasteiger partial charge in [0.1, 0.15) is 0 Å². The van der Waals surface area contributed by atoms with Gasteiger partial charge in [-0.15, -0.1) is 0 Å². The Balaban J connectivity index is 0.00000103. The van der Waals surface area contributed by atoms with Gasteiger partial charge >= 0.3 is 0 Å². The first-order valence-electron chi connectivity index (χ1n) is 11.9. The average molecular weight is 470 g/mol. The van der Waals surface area contributed by atoms with E-state index in [4.69, 9.17) is 19.2 Å². The molecule has 0 radical (unpaired) electrons. The summed E-state index contributed by atoms with van der Waals surface area (Å²) >= 11 is 0. The Labute approximate surface area is 200 Å². The molecule has 2 heterocycles. The SMILES string of the molecule is COCc1c(-c2nc(-c3ccc(CCNC(C)C)cc3)no2)cnn1C1CCCCC1.O=CO. The van der Waals surface area contributed by atoms with Gasteiger partial charge in [0, 0.05) is 18.7 Å². The zero-order valence-corrected chi connectivity index (χ0v) is 20.2. The van der Waals surface area contributed by atoms with Crippen LogP contribution in [0, 0.1) is 0 Å². The van der Waals surface area contributed by atoms with Crippen LogP contribution < -0.4 is 5.32 Å². The Hall–Kier alpha value is -3.04. The summed E-state index contributed by atoms with van der Waals surface area (Å²) in [6, 6.07) is 9.30. The normalized spacial score (nSPS) is 14.1.